The van der Waals surface area contributed by atoms with Gasteiger partial charge in [-0.1, -0.05) is 24.6 Å². The summed E-state index contributed by atoms with van der Waals surface area (Å²) in [5.41, 5.74) is 9.21. The van der Waals surface area contributed by atoms with E-state index in [9.17, 15) is 0 Å². The summed E-state index contributed by atoms with van der Waals surface area (Å²) in [4.78, 5) is 2.26. The van der Waals surface area contributed by atoms with Gasteiger partial charge in [-0.25, -0.2) is 0 Å². The maximum absolute atomic E-state index is 8.89. The molecule has 0 atom stereocenters. The topological polar surface area (TPSA) is 53.0 Å². The van der Waals surface area contributed by atoms with Crippen molar-refractivity contribution in [3.05, 3.63) is 58.6 Å². The number of nitrogens with zero attached hydrogens (tertiary/aromatic N) is 2. The number of hydrogen-bond acceptors (Lipinski definition) is 3. The van der Waals surface area contributed by atoms with Crippen LogP contribution in [-0.2, 0) is 6.54 Å². The zero-order valence-corrected chi connectivity index (χ0v) is 12.8. The Kier molecular flexibility index (Phi) is 5.08. The quantitative estimate of drug-likeness (QED) is 0.841. The number of halogens is 1. The number of anilines is 2. The van der Waals surface area contributed by atoms with Gasteiger partial charge in [0, 0.05) is 29.5 Å². The Labute approximate surface area is 130 Å². The van der Waals surface area contributed by atoms with Crippen LogP contribution in [0.2, 0.25) is 5.02 Å². The van der Waals surface area contributed by atoms with E-state index in [4.69, 9.17) is 22.6 Å². The molecule has 2 rings (SSSR count). The summed E-state index contributed by atoms with van der Waals surface area (Å²) in [7, 11) is 0. The standard InChI is InChI=1S/C17H18ClN3/c1-2-9-21(16-7-5-15(20)6-8-16)12-14-4-3-13(11-19)10-17(14)18/h3-8,10H,2,9,12,20H2,1H3. The SMILES string of the molecule is CCCN(Cc1ccc(C#N)cc1Cl)c1ccc(N)cc1. The third-order valence-electron chi connectivity index (χ3n) is 3.30. The third kappa shape index (κ3) is 3.90. The minimum absolute atomic E-state index is 0.582. The molecule has 21 heavy (non-hydrogen) atoms. The number of nitriles is 1. The van der Waals surface area contributed by atoms with Crippen molar-refractivity contribution in [3.8, 4) is 6.07 Å². The van der Waals surface area contributed by atoms with Gasteiger partial charge in [-0.05, 0) is 48.4 Å². The van der Waals surface area contributed by atoms with E-state index < -0.39 is 0 Å². The van der Waals surface area contributed by atoms with E-state index in [2.05, 4.69) is 17.9 Å². The van der Waals surface area contributed by atoms with Gasteiger partial charge in [0.05, 0.1) is 11.6 Å². The molecule has 0 unspecified atom stereocenters. The molecule has 108 valence electrons. The molecule has 0 amide bonds. The van der Waals surface area contributed by atoms with Crippen molar-refractivity contribution in [3.63, 3.8) is 0 Å². The van der Waals surface area contributed by atoms with Crippen molar-refractivity contribution in [1.29, 1.82) is 5.26 Å². The molecular weight excluding hydrogens is 282 g/mol. The zero-order valence-electron chi connectivity index (χ0n) is 12.0. The highest BCUT2D eigenvalue weighted by Gasteiger charge is 2.09. The second kappa shape index (κ2) is 7.01. The summed E-state index contributed by atoms with van der Waals surface area (Å²) in [5.74, 6) is 0. The normalized spacial score (nSPS) is 10.1. The van der Waals surface area contributed by atoms with Crippen LogP contribution in [0.1, 0.15) is 24.5 Å². The minimum Gasteiger partial charge on any atom is -0.399 e. The van der Waals surface area contributed by atoms with Crippen molar-refractivity contribution < 1.29 is 0 Å². The first-order chi connectivity index (χ1) is 10.1. The fourth-order valence-electron chi connectivity index (χ4n) is 2.21. The highest BCUT2D eigenvalue weighted by atomic mass is 35.5. The predicted molar refractivity (Wildman–Crippen MR) is 88.4 cm³/mol. The van der Waals surface area contributed by atoms with E-state index >= 15 is 0 Å². The first kappa shape index (κ1) is 15.2. The lowest BCUT2D eigenvalue weighted by Crippen LogP contribution is -2.23. The molecular formula is C17H18ClN3. The molecule has 0 radical (unpaired) electrons. The van der Waals surface area contributed by atoms with Crippen molar-refractivity contribution >= 4 is 23.0 Å². The summed E-state index contributed by atoms with van der Waals surface area (Å²) in [6, 6.07) is 15.4. The summed E-state index contributed by atoms with van der Waals surface area (Å²) in [5, 5.41) is 9.52. The fourth-order valence-corrected chi connectivity index (χ4v) is 2.45. The van der Waals surface area contributed by atoms with Gasteiger partial charge < -0.3 is 10.6 Å². The van der Waals surface area contributed by atoms with Crippen molar-refractivity contribution in [2.45, 2.75) is 19.9 Å². The molecule has 0 spiro atoms. The van der Waals surface area contributed by atoms with Crippen LogP contribution in [0.25, 0.3) is 0 Å². The number of rotatable bonds is 5. The lowest BCUT2D eigenvalue weighted by atomic mass is 10.1. The molecule has 0 fully saturated rings. The maximum Gasteiger partial charge on any atom is 0.0992 e. The first-order valence-corrected chi connectivity index (χ1v) is 7.31. The van der Waals surface area contributed by atoms with Gasteiger partial charge in [0.1, 0.15) is 0 Å². The van der Waals surface area contributed by atoms with Gasteiger partial charge in [-0.15, -0.1) is 0 Å². The van der Waals surface area contributed by atoms with E-state index in [1.165, 1.54) is 0 Å². The molecule has 3 nitrogen and oxygen atoms in total. The predicted octanol–water partition coefficient (Wildman–Crippen LogP) is 4.21. The lowest BCUT2D eigenvalue weighted by Gasteiger charge is -2.25. The summed E-state index contributed by atoms with van der Waals surface area (Å²) in [6.45, 7) is 3.78. The number of nitrogens with two attached hydrogens (primary N) is 1. The molecule has 0 bridgehead atoms. The Bertz CT molecular complexity index is 644. The molecule has 2 N–H and O–H groups in total. The molecule has 0 saturated carbocycles. The average Bonchev–Trinajstić information content (AvgIpc) is 2.49. The Morgan fingerprint density at radius 3 is 2.48 bits per heavy atom. The highest BCUT2D eigenvalue weighted by Crippen LogP contribution is 2.24. The van der Waals surface area contributed by atoms with E-state index in [0.717, 1.165) is 29.9 Å². The van der Waals surface area contributed by atoms with Crippen LogP contribution in [0.4, 0.5) is 11.4 Å². The van der Waals surface area contributed by atoms with Crippen molar-refractivity contribution in [2.75, 3.05) is 17.2 Å². The average molecular weight is 300 g/mol. The molecule has 0 aliphatic carbocycles. The Morgan fingerprint density at radius 1 is 1.19 bits per heavy atom. The van der Waals surface area contributed by atoms with Crippen LogP contribution in [-0.4, -0.2) is 6.54 Å². The monoisotopic (exact) mass is 299 g/mol. The van der Waals surface area contributed by atoms with Crippen molar-refractivity contribution in [1.82, 2.24) is 0 Å². The molecule has 2 aromatic carbocycles. The Hall–Kier alpha value is -2.18. The minimum atomic E-state index is 0.582. The van der Waals surface area contributed by atoms with Gasteiger partial charge in [-0.3, -0.25) is 0 Å². The zero-order chi connectivity index (χ0) is 15.2. The van der Waals surface area contributed by atoms with E-state index in [-0.39, 0.29) is 0 Å². The highest BCUT2D eigenvalue weighted by molar-refractivity contribution is 6.31. The smallest absolute Gasteiger partial charge is 0.0992 e. The molecule has 0 aliphatic heterocycles. The maximum atomic E-state index is 8.89. The van der Waals surface area contributed by atoms with Gasteiger partial charge in [-0.2, -0.15) is 5.26 Å². The van der Waals surface area contributed by atoms with E-state index in [1.807, 2.05) is 30.3 Å². The number of hydrogen-bond donors (Lipinski definition) is 1. The second-order valence-corrected chi connectivity index (χ2v) is 5.34. The Balaban J connectivity index is 2.24. The van der Waals surface area contributed by atoms with Gasteiger partial charge in [0.2, 0.25) is 0 Å². The second-order valence-electron chi connectivity index (χ2n) is 4.93. The Morgan fingerprint density at radius 2 is 1.90 bits per heavy atom. The van der Waals surface area contributed by atoms with E-state index in [0.29, 0.717) is 17.1 Å². The van der Waals surface area contributed by atoms with Gasteiger partial charge in [0.25, 0.3) is 0 Å². The van der Waals surface area contributed by atoms with E-state index in [1.54, 1.807) is 12.1 Å². The van der Waals surface area contributed by atoms with Crippen LogP contribution in [0.15, 0.2) is 42.5 Å². The van der Waals surface area contributed by atoms with Crippen LogP contribution >= 0.6 is 11.6 Å². The van der Waals surface area contributed by atoms with Crippen LogP contribution in [0, 0.1) is 11.3 Å². The van der Waals surface area contributed by atoms with Gasteiger partial charge in [0.15, 0.2) is 0 Å². The third-order valence-corrected chi connectivity index (χ3v) is 3.65. The molecule has 0 aromatic heterocycles. The fraction of sp³-hybridized carbons (Fsp3) is 0.235. The molecule has 2 aromatic rings. The van der Waals surface area contributed by atoms with Crippen LogP contribution in [0.3, 0.4) is 0 Å². The molecule has 0 aliphatic rings. The van der Waals surface area contributed by atoms with Gasteiger partial charge >= 0.3 is 0 Å². The molecule has 4 heteroatoms. The van der Waals surface area contributed by atoms with Crippen LogP contribution in [0.5, 0.6) is 0 Å². The number of nitrogen functional groups attached to an aromatic ring is 1. The van der Waals surface area contributed by atoms with Crippen molar-refractivity contribution in [2.24, 2.45) is 0 Å². The number of benzene rings is 2. The molecule has 0 heterocycles. The largest absolute Gasteiger partial charge is 0.399 e. The summed E-state index contributed by atoms with van der Waals surface area (Å²) < 4.78 is 0. The lowest BCUT2D eigenvalue weighted by molar-refractivity contribution is 0.767. The first-order valence-electron chi connectivity index (χ1n) is 6.93. The van der Waals surface area contributed by atoms with Crippen LogP contribution < -0.4 is 10.6 Å². The summed E-state index contributed by atoms with van der Waals surface area (Å²) in [6.07, 6.45) is 1.04. The molecule has 0 saturated heterocycles. The summed E-state index contributed by atoms with van der Waals surface area (Å²) >= 11 is 6.27.